The average Bonchev–Trinajstić information content (AvgIpc) is 2.78. The third-order valence-corrected chi connectivity index (χ3v) is 3.84. The summed E-state index contributed by atoms with van der Waals surface area (Å²) in [6.45, 7) is 1.39. The quantitative estimate of drug-likeness (QED) is 0.0972. The van der Waals surface area contributed by atoms with Crippen LogP contribution in [0.4, 0.5) is 0 Å². The van der Waals surface area contributed by atoms with Crippen LogP contribution < -0.4 is 69.3 Å². The molecule has 2 unspecified atom stereocenters. The molecule has 0 fully saturated rings. The van der Waals surface area contributed by atoms with Crippen LogP contribution >= 0.6 is 0 Å². The first kappa shape index (κ1) is 49.0. The number of hydrogen-bond donors (Lipinski definition) is 9. The fraction of sp³-hybridized carbons (Fsp3) is 0.409. The van der Waals surface area contributed by atoms with Crippen LogP contribution in [0.15, 0.2) is 30.3 Å². The SMILES string of the molecule is CC(O)CO.O=C(O)CC(O)(CC(=O)O)C(=O)O.O=C([O-])CC(O)(CC(=O)O)C(=O)O.O=C([O-])c1ccccc1.[Na+].[Na+]. The number of hydrogen-bond acceptors (Lipinski definition) is 13. The van der Waals surface area contributed by atoms with Crippen molar-refractivity contribution in [1.29, 1.82) is 0 Å². The zero-order valence-electron chi connectivity index (χ0n) is 22.7. The Labute approximate surface area is 281 Å². The molecule has 226 valence electrons. The van der Waals surface area contributed by atoms with Gasteiger partial charge < -0.3 is 65.8 Å². The molecule has 0 saturated carbocycles. The summed E-state index contributed by atoms with van der Waals surface area (Å²) in [6.07, 6.45) is -5.29. The van der Waals surface area contributed by atoms with Crippen LogP contribution in [0.3, 0.4) is 0 Å². The molecule has 0 aliphatic heterocycles. The van der Waals surface area contributed by atoms with E-state index >= 15 is 0 Å². The van der Waals surface area contributed by atoms with E-state index in [4.69, 9.17) is 46.0 Å². The second-order valence-electron chi connectivity index (χ2n) is 7.62. The molecule has 0 saturated heterocycles. The molecule has 1 aromatic carbocycles. The van der Waals surface area contributed by atoms with Crippen molar-refractivity contribution in [2.45, 2.75) is 49.9 Å². The number of rotatable bonds is 12. The van der Waals surface area contributed by atoms with Crippen molar-refractivity contribution < 1.29 is 149 Å². The van der Waals surface area contributed by atoms with Crippen LogP contribution in [0.1, 0.15) is 43.0 Å². The largest absolute Gasteiger partial charge is 1.00 e. The number of carboxylic acid groups (broad SMARTS) is 7. The summed E-state index contributed by atoms with van der Waals surface area (Å²) in [5.41, 5.74) is -5.32. The van der Waals surface area contributed by atoms with E-state index < -0.39 is 84.8 Å². The maximum absolute atomic E-state index is 10.3. The Kier molecular flexibility index (Phi) is 29.1. The molecular weight excluding hydrogens is 598 g/mol. The van der Waals surface area contributed by atoms with Crippen molar-refractivity contribution in [3.63, 3.8) is 0 Å². The fourth-order valence-electron chi connectivity index (χ4n) is 1.99. The standard InChI is InChI=1S/C7H6O2.2C6H8O7.C3H8O2.2Na/c8-7(9)6-4-2-1-3-5-6;2*7-3(8)1-6(13,5(11)12)2-4(9)10;1-3(5)2-4;;/h1-5H,(H,8,9);2*13H,1-2H2,(H,7,8)(H,9,10)(H,11,12);3-5H,2H2,1H3;;/q;;;;2*+1/p-2. The Morgan fingerprint density at radius 3 is 1.14 bits per heavy atom. The van der Waals surface area contributed by atoms with Crippen LogP contribution in [0.5, 0.6) is 0 Å². The van der Waals surface area contributed by atoms with Crippen molar-refractivity contribution in [3.8, 4) is 0 Å². The summed E-state index contributed by atoms with van der Waals surface area (Å²) >= 11 is 0. The van der Waals surface area contributed by atoms with Gasteiger partial charge >= 0.3 is 89.0 Å². The average molecular weight is 626 g/mol. The third kappa shape index (κ3) is 26.3. The van der Waals surface area contributed by atoms with E-state index in [0.29, 0.717) is 0 Å². The summed E-state index contributed by atoms with van der Waals surface area (Å²) in [5, 5.41) is 95.4. The number of aliphatic hydroxyl groups is 4. The Bertz CT molecular complexity index is 928. The van der Waals surface area contributed by atoms with E-state index in [2.05, 4.69) is 0 Å². The molecule has 0 amide bonds. The van der Waals surface area contributed by atoms with Gasteiger partial charge in [0, 0.05) is 12.4 Å². The van der Waals surface area contributed by atoms with Gasteiger partial charge in [-0.1, -0.05) is 30.3 Å². The molecule has 18 nitrogen and oxygen atoms in total. The monoisotopic (exact) mass is 626 g/mol. The summed E-state index contributed by atoms with van der Waals surface area (Å²) < 4.78 is 0. The topological polar surface area (TPSA) is 348 Å². The molecule has 0 spiro atoms. The van der Waals surface area contributed by atoms with E-state index in [-0.39, 0.29) is 71.3 Å². The Morgan fingerprint density at radius 1 is 0.690 bits per heavy atom. The van der Waals surface area contributed by atoms with Gasteiger partial charge in [0.1, 0.15) is 0 Å². The number of carbonyl (C=O) groups is 7. The van der Waals surface area contributed by atoms with Gasteiger partial charge in [-0.25, -0.2) is 9.59 Å². The minimum absolute atomic E-state index is 0. The molecule has 42 heavy (non-hydrogen) atoms. The van der Waals surface area contributed by atoms with Gasteiger partial charge in [0.15, 0.2) is 11.2 Å². The third-order valence-electron chi connectivity index (χ3n) is 3.84. The number of carbonyl (C=O) groups excluding carboxylic acids is 2. The molecule has 9 N–H and O–H groups in total. The van der Waals surface area contributed by atoms with Gasteiger partial charge in [-0.05, 0) is 12.5 Å². The first-order valence-electron chi connectivity index (χ1n) is 10.5. The normalized spacial score (nSPS) is 11.5. The zero-order valence-corrected chi connectivity index (χ0v) is 26.7. The van der Waals surface area contributed by atoms with Crippen LogP contribution in [0.25, 0.3) is 0 Å². The number of aliphatic hydroxyl groups excluding tert-OH is 2. The first-order chi connectivity index (χ1) is 18.1. The van der Waals surface area contributed by atoms with E-state index in [9.17, 15) is 43.8 Å². The second kappa shape index (κ2) is 24.9. The number of aromatic carboxylic acids is 1. The molecule has 0 bridgehead atoms. The van der Waals surface area contributed by atoms with Gasteiger partial charge in [-0.3, -0.25) is 14.4 Å². The van der Waals surface area contributed by atoms with Crippen LogP contribution in [0, 0.1) is 0 Å². The number of benzene rings is 1. The van der Waals surface area contributed by atoms with Crippen molar-refractivity contribution in [2.24, 2.45) is 0 Å². The van der Waals surface area contributed by atoms with Gasteiger partial charge in [0.05, 0.1) is 37.9 Å². The summed E-state index contributed by atoms with van der Waals surface area (Å²) in [4.78, 5) is 70.9. The Hall–Kier alpha value is -2.65. The van der Waals surface area contributed by atoms with Crippen molar-refractivity contribution in [2.75, 3.05) is 6.61 Å². The molecule has 0 radical (unpaired) electrons. The minimum atomic E-state index is -2.80. The molecule has 2 atom stereocenters. The van der Waals surface area contributed by atoms with Crippen molar-refractivity contribution >= 4 is 41.8 Å². The maximum Gasteiger partial charge on any atom is 1.00 e. The molecule has 0 heterocycles. The van der Waals surface area contributed by atoms with E-state index in [1.165, 1.54) is 19.1 Å². The number of aliphatic carboxylic acids is 6. The fourth-order valence-corrected chi connectivity index (χ4v) is 1.99. The van der Waals surface area contributed by atoms with Crippen LogP contribution in [-0.4, -0.2) is 112 Å². The molecule has 0 aromatic heterocycles. The summed E-state index contributed by atoms with van der Waals surface area (Å²) in [7, 11) is 0. The maximum atomic E-state index is 10.3. The molecular formula is C22H28Na2O18. The van der Waals surface area contributed by atoms with Gasteiger partial charge in [-0.2, -0.15) is 0 Å². The smallest absolute Gasteiger partial charge is 0.550 e. The zero-order chi connectivity index (χ0) is 32.3. The van der Waals surface area contributed by atoms with Gasteiger partial charge in [0.25, 0.3) is 0 Å². The predicted octanol–water partition coefficient (Wildman–Crippen LogP) is -10.4. The van der Waals surface area contributed by atoms with Crippen LogP contribution in [-0.2, 0) is 28.8 Å². The Balaban J connectivity index is -0.000000149. The molecule has 1 aromatic rings. The minimum Gasteiger partial charge on any atom is -0.550 e. The first-order valence-corrected chi connectivity index (χ1v) is 10.5. The van der Waals surface area contributed by atoms with E-state index in [0.717, 1.165) is 0 Å². The van der Waals surface area contributed by atoms with Crippen LogP contribution in [0.2, 0.25) is 0 Å². The Morgan fingerprint density at radius 2 is 0.976 bits per heavy atom. The van der Waals surface area contributed by atoms with E-state index in [1.807, 2.05) is 0 Å². The molecule has 0 aliphatic carbocycles. The van der Waals surface area contributed by atoms with Gasteiger partial charge in [-0.15, -0.1) is 0 Å². The van der Waals surface area contributed by atoms with Crippen molar-refractivity contribution in [3.05, 3.63) is 35.9 Å². The van der Waals surface area contributed by atoms with Gasteiger partial charge in [0.2, 0.25) is 0 Å². The molecule has 20 heteroatoms. The predicted molar refractivity (Wildman–Crippen MR) is 121 cm³/mol. The summed E-state index contributed by atoms with van der Waals surface area (Å²) in [5.74, 6) is -11.5. The second-order valence-corrected chi connectivity index (χ2v) is 7.62. The molecule has 0 aliphatic rings. The van der Waals surface area contributed by atoms with E-state index in [1.54, 1.807) is 18.2 Å². The number of carboxylic acids is 7. The molecule has 1 rings (SSSR count). The summed E-state index contributed by atoms with van der Waals surface area (Å²) in [6, 6.07) is 8.06. The van der Waals surface area contributed by atoms with Crippen molar-refractivity contribution in [1.82, 2.24) is 0 Å².